The fourth-order valence-electron chi connectivity index (χ4n) is 4.01. The van der Waals surface area contributed by atoms with Crippen LogP contribution < -0.4 is 5.32 Å². The lowest BCUT2D eigenvalue weighted by Crippen LogP contribution is -2.23. The van der Waals surface area contributed by atoms with E-state index in [2.05, 4.69) is 49.0 Å². The van der Waals surface area contributed by atoms with Crippen molar-refractivity contribution in [2.75, 3.05) is 5.32 Å². The second-order valence-corrected chi connectivity index (χ2v) is 8.47. The number of carbonyl (C=O) groups is 1. The molecule has 1 N–H and O–H groups in total. The molecule has 1 aromatic heterocycles. The minimum absolute atomic E-state index is 0.137. The van der Waals surface area contributed by atoms with Gasteiger partial charge in [-0.15, -0.1) is 0 Å². The van der Waals surface area contributed by atoms with Gasteiger partial charge in [0.2, 0.25) is 5.91 Å². The Kier molecular flexibility index (Phi) is 4.50. The monoisotopic (exact) mass is 361 g/mol. The normalized spacial score (nSPS) is 15.4. The van der Waals surface area contributed by atoms with Crippen molar-refractivity contribution in [1.29, 1.82) is 0 Å². The molecule has 1 fully saturated rings. The lowest BCUT2D eigenvalue weighted by molar-refractivity contribution is -0.119. The Balaban J connectivity index is 1.87. The molecule has 1 aliphatic rings. The lowest BCUT2D eigenvalue weighted by atomic mass is 10.0. The Morgan fingerprint density at radius 2 is 1.74 bits per heavy atom. The van der Waals surface area contributed by atoms with E-state index in [-0.39, 0.29) is 17.4 Å². The summed E-state index contributed by atoms with van der Waals surface area (Å²) in [4.78, 5) is 12.8. The predicted molar refractivity (Wildman–Crippen MR) is 111 cm³/mol. The molecule has 4 heteroatoms. The van der Waals surface area contributed by atoms with Crippen molar-refractivity contribution in [3.63, 3.8) is 0 Å². The highest BCUT2D eigenvalue weighted by Gasteiger charge is 2.26. The first-order chi connectivity index (χ1) is 12.9. The number of nitrogens with one attached hydrogen (secondary N) is 1. The van der Waals surface area contributed by atoms with E-state index < -0.39 is 0 Å². The van der Waals surface area contributed by atoms with E-state index in [4.69, 9.17) is 5.10 Å². The number of carbonyl (C=O) groups excluding carboxylic acids is 1. The number of aromatic nitrogens is 2. The smallest absolute Gasteiger partial charge is 0.227 e. The van der Waals surface area contributed by atoms with Crippen molar-refractivity contribution in [3.8, 4) is 11.3 Å². The van der Waals surface area contributed by atoms with Gasteiger partial charge in [0.15, 0.2) is 0 Å². The van der Waals surface area contributed by atoms with E-state index in [1.165, 1.54) is 0 Å². The molecule has 3 aromatic rings. The molecule has 140 valence electrons. The molecule has 0 radical (unpaired) electrons. The number of benzene rings is 2. The second kappa shape index (κ2) is 6.84. The van der Waals surface area contributed by atoms with Crippen molar-refractivity contribution in [3.05, 3.63) is 48.5 Å². The highest BCUT2D eigenvalue weighted by atomic mass is 16.1. The van der Waals surface area contributed by atoms with Gasteiger partial charge in [-0.1, -0.05) is 49.2 Å². The first-order valence-corrected chi connectivity index (χ1v) is 9.83. The highest BCUT2D eigenvalue weighted by molar-refractivity contribution is 6.07. The number of anilines is 1. The van der Waals surface area contributed by atoms with Gasteiger partial charge in [-0.05, 0) is 45.7 Å². The molecule has 2 aromatic carbocycles. The van der Waals surface area contributed by atoms with Crippen molar-refractivity contribution < 1.29 is 4.79 Å². The minimum atomic E-state index is -0.153. The largest absolute Gasteiger partial charge is 0.325 e. The molecule has 1 amide bonds. The fraction of sp³-hybridized carbons (Fsp3) is 0.391. The van der Waals surface area contributed by atoms with Crippen LogP contribution in [0.2, 0.25) is 0 Å². The van der Waals surface area contributed by atoms with Gasteiger partial charge in [0.05, 0.1) is 22.1 Å². The zero-order valence-corrected chi connectivity index (χ0v) is 16.3. The Hall–Kier alpha value is -2.62. The van der Waals surface area contributed by atoms with Crippen LogP contribution in [0.15, 0.2) is 48.5 Å². The summed E-state index contributed by atoms with van der Waals surface area (Å²) in [6.07, 6.45) is 4.29. The molecule has 1 heterocycles. The van der Waals surface area contributed by atoms with Gasteiger partial charge in [-0.25, -0.2) is 0 Å². The molecule has 4 nitrogen and oxygen atoms in total. The van der Waals surface area contributed by atoms with Gasteiger partial charge in [-0.3, -0.25) is 9.48 Å². The van der Waals surface area contributed by atoms with E-state index in [0.717, 1.165) is 53.5 Å². The van der Waals surface area contributed by atoms with Crippen LogP contribution in [0.5, 0.6) is 0 Å². The Bertz CT molecular complexity index is 960. The van der Waals surface area contributed by atoms with E-state index in [0.29, 0.717) is 0 Å². The number of amides is 1. The molecule has 0 aliphatic heterocycles. The molecule has 0 saturated heterocycles. The van der Waals surface area contributed by atoms with Crippen molar-refractivity contribution in [2.45, 2.75) is 52.0 Å². The maximum Gasteiger partial charge on any atom is 0.227 e. The average Bonchev–Trinajstić information content (AvgIpc) is 3.30. The first kappa shape index (κ1) is 17.8. The summed E-state index contributed by atoms with van der Waals surface area (Å²) < 4.78 is 2.07. The third-order valence-corrected chi connectivity index (χ3v) is 5.37. The summed E-state index contributed by atoms with van der Waals surface area (Å²) in [5, 5.41) is 9.19. The van der Waals surface area contributed by atoms with Crippen molar-refractivity contribution in [1.82, 2.24) is 9.78 Å². The Morgan fingerprint density at radius 3 is 2.41 bits per heavy atom. The lowest BCUT2D eigenvalue weighted by Gasteiger charge is -2.20. The maximum atomic E-state index is 12.8. The fourth-order valence-corrected chi connectivity index (χ4v) is 4.01. The SMILES string of the molecule is CC(C)(C)n1nc(-c2ccccc2)c2c(NC(=O)C3CCCC3)cccc21. The number of fused-ring (bicyclic) bond motifs is 1. The Labute approximate surface area is 160 Å². The van der Waals surface area contributed by atoms with Crippen LogP contribution in [0.25, 0.3) is 22.2 Å². The van der Waals surface area contributed by atoms with E-state index in [1.54, 1.807) is 0 Å². The van der Waals surface area contributed by atoms with Crippen LogP contribution in [0.3, 0.4) is 0 Å². The number of hydrogen-bond donors (Lipinski definition) is 1. The van der Waals surface area contributed by atoms with Gasteiger partial charge in [-0.2, -0.15) is 5.10 Å². The summed E-state index contributed by atoms with van der Waals surface area (Å²) in [5.74, 6) is 0.278. The molecule has 1 aliphatic carbocycles. The van der Waals surface area contributed by atoms with Gasteiger partial charge >= 0.3 is 0 Å². The van der Waals surface area contributed by atoms with Gasteiger partial charge in [0.25, 0.3) is 0 Å². The third-order valence-electron chi connectivity index (χ3n) is 5.37. The van der Waals surface area contributed by atoms with Crippen molar-refractivity contribution in [2.24, 2.45) is 5.92 Å². The highest BCUT2D eigenvalue weighted by Crippen LogP contribution is 2.36. The minimum Gasteiger partial charge on any atom is -0.325 e. The second-order valence-electron chi connectivity index (χ2n) is 8.47. The number of hydrogen-bond acceptors (Lipinski definition) is 2. The molecule has 1 saturated carbocycles. The summed E-state index contributed by atoms with van der Waals surface area (Å²) in [6.45, 7) is 6.45. The zero-order valence-electron chi connectivity index (χ0n) is 16.3. The molecular weight excluding hydrogens is 334 g/mol. The molecule has 0 spiro atoms. The van der Waals surface area contributed by atoms with Gasteiger partial charge in [0.1, 0.15) is 5.69 Å². The van der Waals surface area contributed by atoms with Crippen LogP contribution in [0.1, 0.15) is 46.5 Å². The number of rotatable bonds is 3. The summed E-state index contributed by atoms with van der Waals surface area (Å²) >= 11 is 0. The first-order valence-electron chi connectivity index (χ1n) is 9.83. The quantitative estimate of drug-likeness (QED) is 0.661. The molecule has 4 rings (SSSR count). The molecule has 27 heavy (non-hydrogen) atoms. The topological polar surface area (TPSA) is 46.9 Å². The van der Waals surface area contributed by atoms with Crippen molar-refractivity contribution >= 4 is 22.5 Å². The summed E-state index contributed by atoms with van der Waals surface area (Å²) in [7, 11) is 0. The number of nitrogens with zero attached hydrogens (tertiary/aromatic N) is 2. The zero-order chi connectivity index (χ0) is 19.0. The molecule has 0 unspecified atom stereocenters. The molecule has 0 bridgehead atoms. The van der Waals surface area contributed by atoms with Crippen LogP contribution >= 0.6 is 0 Å². The van der Waals surface area contributed by atoms with E-state index in [1.807, 2.05) is 30.3 Å². The average molecular weight is 361 g/mol. The third kappa shape index (κ3) is 3.36. The molecule has 0 atom stereocenters. The van der Waals surface area contributed by atoms with Crippen LogP contribution in [-0.2, 0) is 10.3 Å². The van der Waals surface area contributed by atoms with Gasteiger partial charge in [0, 0.05) is 11.5 Å². The summed E-state index contributed by atoms with van der Waals surface area (Å²) in [6, 6.07) is 16.3. The standard InChI is InChI=1S/C23H27N3O/c1-23(2,3)26-19-15-9-14-18(24-22(27)17-12-7-8-13-17)20(19)21(25-26)16-10-5-4-6-11-16/h4-6,9-11,14-15,17H,7-8,12-13H2,1-3H3,(H,24,27). The maximum absolute atomic E-state index is 12.8. The predicted octanol–water partition coefficient (Wildman–Crippen LogP) is 5.59. The van der Waals surface area contributed by atoms with Crippen LogP contribution in [-0.4, -0.2) is 15.7 Å². The van der Waals surface area contributed by atoms with Crippen LogP contribution in [0, 0.1) is 5.92 Å². The van der Waals surface area contributed by atoms with E-state index >= 15 is 0 Å². The summed E-state index contributed by atoms with van der Waals surface area (Å²) in [5.41, 5.74) is 3.74. The Morgan fingerprint density at radius 1 is 1.04 bits per heavy atom. The van der Waals surface area contributed by atoms with Crippen LogP contribution in [0.4, 0.5) is 5.69 Å². The molecular formula is C23H27N3O. The van der Waals surface area contributed by atoms with E-state index in [9.17, 15) is 4.79 Å². The van der Waals surface area contributed by atoms with Gasteiger partial charge < -0.3 is 5.32 Å².